The van der Waals surface area contributed by atoms with Gasteiger partial charge in [-0.1, -0.05) is 44.0 Å². The molecule has 0 saturated heterocycles. The number of fused-ring (bicyclic) bond motifs is 2. The molecule has 2 aliphatic carbocycles. The largest absolute Gasteiger partial charge is 0.473 e. The number of anilines is 1. The first-order valence-corrected chi connectivity index (χ1v) is 7.79. The van der Waals surface area contributed by atoms with E-state index in [1.165, 1.54) is 12.8 Å². The van der Waals surface area contributed by atoms with Gasteiger partial charge in [-0.15, -0.1) is 0 Å². The van der Waals surface area contributed by atoms with Crippen LogP contribution in [-0.4, -0.2) is 11.1 Å². The molecule has 0 aromatic carbocycles. The van der Waals surface area contributed by atoms with E-state index in [9.17, 15) is 0 Å². The molecule has 0 aliphatic heterocycles. The van der Waals surface area contributed by atoms with Gasteiger partial charge in [-0.05, 0) is 36.7 Å². The highest BCUT2D eigenvalue weighted by atomic mass is 35.5. The van der Waals surface area contributed by atoms with Gasteiger partial charge in [0.1, 0.15) is 16.9 Å². The summed E-state index contributed by atoms with van der Waals surface area (Å²) in [4.78, 5) is 4.19. The number of hydrogen-bond acceptors (Lipinski definition) is 3. The van der Waals surface area contributed by atoms with Crippen LogP contribution in [0.15, 0.2) is 6.07 Å². The van der Waals surface area contributed by atoms with Crippen LogP contribution in [0, 0.1) is 16.7 Å². The van der Waals surface area contributed by atoms with Crippen molar-refractivity contribution in [2.75, 3.05) is 5.73 Å². The van der Waals surface area contributed by atoms with Crippen molar-refractivity contribution in [3.8, 4) is 5.88 Å². The molecule has 0 radical (unpaired) electrons. The molecule has 5 heteroatoms. The highest BCUT2D eigenvalue weighted by molar-refractivity contribution is 6.36. The Kier molecular flexibility index (Phi) is 3.15. The SMILES string of the molecule is CC1(C)C2CCC1(C)C(Oc1nc(N)c(Cl)cc1Cl)C2. The summed E-state index contributed by atoms with van der Waals surface area (Å²) in [5.41, 5.74) is 6.20. The van der Waals surface area contributed by atoms with Crippen LogP contribution in [-0.2, 0) is 0 Å². The minimum Gasteiger partial charge on any atom is -0.473 e. The zero-order valence-corrected chi connectivity index (χ0v) is 13.6. The van der Waals surface area contributed by atoms with Crippen LogP contribution in [0.3, 0.4) is 0 Å². The van der Waals surface area contributed by atoms with E-state index < -0.39 is 0 Å². The van der Waals surface area contributed by atoms with Gasteiger partial charge in [-0.25, -0.2) is 0 Å². The molecule has 2 fully saturated rings. The van der Waals surface area contributed by atoms with Crippen molar-refractivity contribution in [2.24, 2.45) is 16.7 Å². The van der Waals surface area contributed by atoms with Crippen molar-refractivity contribution in [3.63, 3.8) is 0 Å². The van der Waals surface area contributed by atoms with Crippen LogP contribution >= 0.6 is 23.2 Å². The molecule has 1 aromatic heterocycles. The standard InChI is InChI=1S/C15H20Cl2N2O/c1-14(2)8-4-5-15(14,3)11(6-8)20-13-10(17)7-9(16)12(18)19-13/h7-8,11H,4-6H2,1-3H3,(H2,18,19). The summed E-state index contributed by atoms with van der Waals surface area (Å²) in [5, 5.41) is 0.787. The Bertz CT molecular complexity index is 561. The van der Waals surface area contributed by atoms with Crippen molar-refractivity contribution in [3.05, 3.63) is 16.1 Å². The lowest BCUT2D eigenvalue weighted by Crippen LogP contribution is -2.39. The first kappa shape index (κ1) is 14.3. The van der Waals surface area contributed by atoms with Gasteiger partial charge in [0.15, 0.2) is 0 Å². The first-order chi connectivity index (χ1) is 9.25. The third kappa shape index (κ3) is 1.82. The van der Waals surface area contributed by atoms with Gasteiger partial charge in [-0.3, -0.25) is 0 Å². The van der Waals surface area contributed by atoms with Crippen molar-refractivity contribution in [2.45, 2.75) is 46.1 Å². The zero-order chi connectivity index (χ0) is 14.7. The molecule has 2 bridgehead atoms. The predicted molar refractivity (Wildman–Crippen MR) is 82.3 cm³/mol. The molecule has 3 atom stereocenters. The van der Waals surface area contributed by atoms with E-state index >= 15 is 0 Å². The Labute approximate surface area is 129 Å². The van der Waals surface area contributed by atoms with E-state index in [-0.39, 0.29) is 17.3 Å². The Morgan fingerprint density at radius 1 is 1.30 bits per heavy atom. The number of pyridine rings is 1. The van der Waals surface area contributed by atoms with Gasteiger partial charge >= 0.3 is 0 Å². The first-order valence-electron chi connectivity index (χ1n) is 7.04. The van der Waals surface area contributed by atoms with E-state index in [1.54, 1.807) is 6.07 Å². The summed E-state index contributed by atoms with van der Waals surface area (Å²) in [5.74, 6) is 1.38. The molecule has 110 valence electrons. The number of ether oxygens (including phenoxy) is 1. The number of nitrogen functional groups attached to an aromatic ring is 1. The van der Waals surface area contributed by atoms with Crippen molar-refractivity contribution >= 4 is 29.0 Å². The Hall–Kier alpha value is -0.670. The maximum absolute atomic E-state index is 6.17. The quantitative estimate of drug-likeness (QED) is 0.870. The van der Waals surface area contributed by atoms with Crippen molar-refractivity contribution in [1.29, 1.82) is 0 Å². The van der Waals surface area contributed by atoms with Crippen molar-refractivity contribution < 1.29 is 4.74 Å². The summed E-state index contributed by atoms with van der Waals surface area (Å²) in [6.07, 6.45) is 3.68. The van der Waals surface area contributed by atoms with Crippen LogP contribution < -0.4 is 10.5 Å². The molecule has 1 aromatic rings. The summed E-state index contributed by atoms with van der Waals surface area (Å²) in [6.45, 7) is 7.01. The maximum atomic E-state index is 6.17. The second-order valence-corrected chi connectivity index (χ2v) is 7.67. The third-order valence-electron chi connectivity index (χ3n) is 5.89. The van der Waals surface area contributed by atoms with Crippen molar-refractivity contribution in [1.82, 2.24) is 4.98 Å². The molecule has 0 amide bonds. The van der Waals surface area contributed by atoms with Crippen LogP contribution in [0.4, 0.5) is 5.82 Å². The lowest BCUT2D eigenvalue weighted by atomic mass is 9.70. The molecule has 20 heavy (non-hydrogen) atoms. The van der Waals surface area contributed by atoms with E-state index in [1.807, 2.05) is 0 Å². The average molecular weight is 315 g/mol. The van der Waals surface area contributed by atoms with Crippen LogP contribution in [0.5, 0.6) is 5.88 Å². The molecule has 2 aliphatic rings. The number of hydrogen-bond donors (Lipinski definition) is 1. The molecule has 3 nitrogen and oxygen atoms in total. The Morgan fingerprint density at radius 2 is 2.00 bits per heavy atom. The summed E-state index contributed by atoms with van der Waals surface area (Å²) in [6, 6.07) is 1.60. The number of rotatable bonds is 2. The highest BCUT2D eigenvalue weighted by Gasteiger charge is 2.62. The topological polar surface area (TPSA) is 48.1 Å². The van der Waals surface area contributed by atoms with Gasteiger partial charge in [0.25, 0.3) is 0 Å². The fraction of sp³-hybridized carbons (Fsp3) is 0.667. The molecule has 3 unspecified atom stereocenters. The van der Waals surface area contributed by atoms with Gasteiger partial charge < -0.3 is 10.5 Å². The second kappa shape index (κ2) is 4.41. The monoisotopic (exact) mass is 314 g/mol. The van der Waals surface area contributed by atoms with E-state index in [0.717, 1.165) is 6.42 Å². The molecule has 2 N–H and O–H groups in total. The molecule has 3 rings (SSSR count). The summed E-state index contributed by atoms with van der Waals surface area (Å²) < 4.78 is 6.13. The van der Waals surface area contributed by atoms with Gasteiger partial charge in [0.2, 0.25) is 5.88 Å². The summed E-state index contributed by atoms with van der Waals surface area (Å²) >= 11 is 12.1. The molecular formula is C15H20Cl2N2O. The molecular weight excluding hydrogens is 295 g/mol. The predicted octanol–water partition coefficient (Wildman–Crippen LogP) is 4.56. The highest BCUT2D eigenvalue weighted by Crippen LogP contribution is 2.66. The van der Waals surface area contributed by atoms with E-state index in [2.05, 4.69) is 25.8 Å². The Morgan fingerprint density at radius 3 is 2.55 bits per heavy atom. The molecule has 1 heterocycles. The number of aromatic nitrogens is 1. The van der Waals surface area contributed by atoms with Gasteiger partial charge in [0, 0.05) is 5.41 Å². The minimum atomic E-state index is 0.141. The van der Waals surface area contributed by atoms with Gasteiger partial charge in [-0.2, -0.15) is 4.98 Å². The molecule has 0 spiro atoms. The summed E-state index contributed by atoms with van der Waals surface area (Å²) in [7, 11) is 0. The number of nitrogens with zero attached hydrogens (tertiary/aromatic N) is 1. The Balaban J connectivity index is 1.89. The zero-order valence-electron chi connectivity index (χ0n) is 12.0. The average Bonchev–Trinajstić information content (AvgIpc) is 2.69. The fourth-order valence-corrected chi connectivity index (χ4v) is 4.39. The number of halogens is 2. The fourth-order valence-electron chi connectivity index (χ4n) is 3.99. The van der Waals surface area contributed by atoms with E-state index in [4.69, 9.17) is 33.7 Å². The lowest BCUT2D eigenvalue weighted by Gasteiger charge is -2.38. The third-order valence-corrected chi connectivity index (χ3v) is 6.47. The maximum Gasteiger partial charge on any atom is 0.234 e. The number of nitrogens with two attached hydrogens (primary N) is 1. The van der Waals surface area contributed by atoms with Gasteiger partial charge in [0.05, 0.1) is 5.02 Å². The van der Waals surface area contributed by atoms with Crippen LogP contribution in [0.25, 0.3) is 0 Å². The smallest absolute Gasteiger partial charge is 0.234 e. The normalized spacial score (nSPS) is 34.5. The second-order valence-electron chi connectivity index (χ2n) is 6.86. The molecule has 2 saturated carbocycles. The minimum absolute atomic E-state index is 0.141. The van der Waals surface area contributed by atoms with E-state index in [0.29, 0.717) is 27.3 Å². The van der Waals surface area contributed by atoms with Crippen LogP contribution in [0.1, 0.15) is 40.0 Å². The lowest BCUT2D eigenvalue weighted by molar-refractivity contribution is 0.0275. The van der Waals surface area contributed by atoms with Crippen LogP contribution in [0.2, 0.25) is 10.0 Å².